The molecule has 0 spiro atoms. The van der Waals surface area contributed by atoms with Gasteiger partial charge in [0.1, 0.15) is 0 Å². The third-order valence-electron chi connectivity index (χ3n) is 7.31. The Labute approximate surface area is 213 Å². The summed E-state index contributed by atoms with van der Waals surface area (Å²) >= 11 is 0. The normalized spacial score (nSPS) is 23.8. The smallest absolute Gasteiger partial charge is 0.237 e. The number of likely N-dealkylation sites (tertiary alicyclic amines) is 1. The minimum absolute atomic E-state index is 0.0636. The molecule has 1 amide bonds. The minimum Gasteiger partial charge on any atom is -0.393 e. The number of aromatic nitrogens is 3. The van der Waals surface area contributed by atoms with Gasteiger partial charge >= 0.3 is 0 Å². The summed E-state index contributed by atoms with van der Waals surface area (Å²) in [4.78, 5) is 22.4. The third-order valence-corrected chi connectivity index (χ3v) is 7.31. The van der Waals surface area contributed by atoms with Crippen molar-refractivity contribution < 1.29 is 14.6 Å². The minimum atomic E-state index is -0.222. The lowest BCUT2D eigenvalue weighted by Gasteiger charge is -2.27. The van der Waals surface area contributed by atoms with E-state index >= 15 is 0 Å². The molecule has 10 heteroatoms. The fraction of sp³-hybridized carbons (Fsp3) is 0.615. The average molecular weight is 498 g/mol. The Kier molecular flexibility index (Phi) is 8.25. The molecule has 36 heavy (non-hydrogen) atoms. The van der Waals surface area contributed by atoms with Crippen LogP contribution in [0.3, 0.4) is 0 Å². The number of aliphatic hydroxyl groups excluding tert-OH is 1. The standard InChI is InChI=1S/C26H39N7O3/c1-17(16-36-5)29-26(27-3)30-33-18(2)23(11-24(33)20-6-8-22(34)9-7-20)21-12-28-32(15-21)14-19-10-25(35)31(4)13-19/h11-12,15,17,19-20,22,34H,3,6-10,13-14,16H2,1-2,4-5H3,(H,29,30)/t17-,19-,20?,22?/m0/s1. The number of methoxy groups -OCH3 is 1. The second-order valence-electron chi connectivity index (χ2n) is 10.2. The molecule has 2 fully saturated rings. The number of carbonyl (C=O) groups excluding carboxylic acids is 1. The number of hydrogen-bond acceptors (Lipinski definition) is 5. The Morgan fingerprint density at radius 2 is 2.11 bits per heavy atom. The Balaban J connectivity index is 1.62. The van der Waals surface area contributed by atoms with Gasteiger partial charge in [0.15, 0.2) is 0 Å². The maximum Gasteiger partial charge on any atom is 0.237 e. The maximum atomic E-state index is 11.9. The van der Waals surface area contributed by atoms with Crippen LogP contribution in [-0.2, 0) is 16.1 Å². The molecule has 1 aliphatic carbocycles. The van der Waals surface area contributed by atoms with Crippen LogP contribution in [0.5, 0.6) is 0 Å². The summed E-state index contributed by atoms with van der Waals surface area (Å²) in [6.07, 6.45) is 7.73. The van der Waals surface area contributed by atoms with Crippen LogP contribution in [0, 0.1) is 12.8 Å². The van der Waals surface area contributed by atoms with E-state index in [4.69, 9.17) is 4.74 Å². The van der Waals surface area contributed by atoms with Crippen molar-refractivity contribution in [2.24, 2.45) is 15.9 Å². The van der Waals surface area contributed by atoms with E-state index in [2.05, 4.69) is 51.1 Å². The highest BCUT2D eigenvalue weighted by atomic mass is 16.5. The molecule has 0 bridgehead atoms. The Hall–Kier alpha value is -2.98. The van der Waals surface area contributed by atoms with Gasteiger partial charge in [-0.25, -0.2) is 9.98 Å². The second-order valence-corrected chi connectivity index (χ2v) is 10.2. The van der Waals surface area contributed by atoms with E-state index < -0.39 is 0 Å². The van der Waals surface area contributed by atoms with Crippen LogP contribution in [-0.4, -0.2) is 82.5 Å². The van der Waals surface area contributed by atoms with Crippen molar-refractivity contribution in [3.63, 3.8) is 0 Å². The van der Waals surface area contributed by atoms with Gasteiger partial charge in [-0.3, -0.25) is 19.6 Å². The van der Waals surface area contributed by atoms with E-state index in [1.54, 1.807) is 12.0 Å². The monoisotopic (exact) mass is 497 g/mol. The zero-order valence-corrected chi connectivity index (χ0v) is 21.9. The van der Waals surface area contributed by atoms with Crippen LogP contribution in [0.2, 0.25) is 0 Å². The van der Waals surface area contributed by atoms with Gasteiger partial charge in [0.25, 0.3) is 0 Å². The van der Waals surface area contributed by atoms with Gasteiger partial charge in [-0.2, -0.15) is 5.10 Å². The number of amides is 1. The van der Waals surface area contributed by atoms with Gasteiger partial charge in [0, 0.05) is 74.2 Å². The number of aliphatic hydroxyl groups is 1. The van der Waals surface area contributed by atoms with Crippen LogP contribution < -0.4 is 5.43 Å². The predicted molar refractivity (Wildman–Crippen MR) is 141 cm³/mol. The van der Waals surface area contributed by atoms with Gasteiger partial charge in [-0.15, -0.1) is 0 Å². The first-order chi connectivity index (χ1) is 17.3. The summed E-state index contributed by atoms with van der Waals surface area (Å²) in [7, 11) is 3.51. The average Bonchev–Trinajstić information content (AvgIpc) is 3.52. The van der Waals surface area contributed by atoms with E-state index in [0.29, 0.717) is 24.9 Å². The van der Waals surface area contributed by atoms with Crippen LogP contribution in [0.1, 0.15) is 56.3 Å². The van der Waals surface area contributed by atoms with Crippen molar-refractivity contribution in [1.82, 2.24) is 19.4 Å². The lowest BCUT2D eigenvalue weighted by atomic mass is 9.85. The summed E-state index contributed by atoms with van der Waals surface area (Å²) < 4.78 is 9.22. The molecule has 1 aliphatic heterocycles. The zero-order chi connectivity index (χ0) is 25.8. The molecule has 4 rings (SSSR count). The van der Waals surface area contributed by atoms with E-state index in [9.17, 15) is 9.90 Å². The maximum absolute atomic E-state index is 11.9. The highest BCUT2D eigenvalue weighted by Crippen LogP contribution is 2.37. The van der Waals surface area contributed by atoms with Crippen molar-refractivity contribution >= 4 is 18.6 Å². The van der Waals surface area contributed by atoms with Crippen LogP contribution in [0.25, 0.3) is 11.1 Å². The summed E-state index contributed by atoms with van der Waals surface area (Å²) in [6, 6.07) is 2.16. The first kappa shape index (κ1) is 26.1. The van der Waals surface area contributed by atoms with Crippen LogP contribution in [0.4, 0.5) is 0 Å². The summed E-state index contributed by atoms with van der Waals surface area (Å²) in [6.45, 7) is 9.73. The van der Waals surface area contributed by atoms with E-state index in [0.717, 1.165) is 61.3 Å². The number of hydrogen-bond donors (Lipinski definition) is 2. The van der Waals surface area contributed by atoms with E-state index in [1.165, 1.54) is 0 Å². The molecule has 3 heterocycles. The molecule has 10 nitrogen and oxygen atoms in total. The van der Waals surface area contributed by atoms with E-state index in [1.807, 2.05) is 24.9 Å². The fourth-order valence-electron chi connectivity index (χ4n) is 5.38. The molecule has 2 N–H and O–H groups in total. The highest BCUT2D eigenvalue weighted by molar-refractivity contribution is 5.91. The Morgan fingerprint density at radius 3 is 2.75 bits per heavy atom. The van der Waals surface area contributed by atoms with Gasteiger partial charge < -0.3 is 14.7 Å². The SMILES string of the molecule is C=NC(=N[C@@H](C)COC)Nn1c(C2CCC(O)CC2)cc(-c2cnn(C[C@H]3CC(=O)N(C)C3)c2)c1C. The third kappa shape index (κ3) is 5.87. The van der Waals surface area contributed by atoms with Crippen LogP contribution >= 0.6 is 0 Å². The van der Waals surface area contributed by atoms with Gasteiger partial charge in [-0.1, -0.05) is 0 Å². The number of carbonyl (C=O) groups is 1. The molecule has 196 valence electrons. The molecule has 2 aromatic heterocycles. The molecular formula is C26H39N7O3. The molecular weight excluding hydrogens is 458 g/mol. The molecule has 2 atom stereocenters. The summed E-state index contributed by atoms with van der Waals surface area (Å²) in [5.41, 5.74) is 7.66. The molecule has 0 aromatic carbocycles. The summed E-state index contributed by atoms with van der Waals surface area (Å²) in [5, 5.41) is 14.7. The molecule has 0 radical (unpaired) electrons. The number of ether oxygens (including phenoxy) is 1. The van der Waals surface area contributed by atoms with Crippen molar-refractivity contribution in [3.05, 3.63) is 29.8 Å². The number of nitrogens with one attached hydrogen (secondary N) is 1. The molecule has 2 aromatic rings. The Morgan fingerprint density at radius 1 is 1.36 bits per heavy atom. The highest BCUT2D eigenvalue weighted by Gasteiger charge is 2.28. The van der Waals surface area contributed by atoms with E-state index in [-0.39, 0.29) is 24.0 Å². The fourth-order valence-corrected chi connectivity index (χ4v) is 5.38. The lowest BCUT2D eigenvalue weighted by molar-refractivity contribution is -0.126. The van der Waals surface area contributed by atoms with Gasteiger partial charge in [0.2, 0.25) is 11.9 Å². The Bertz CT molecular complexity index is 1100. The topological polar surface area (TPSA) is 109 Å². The first-order valence-corrected chi connectivity index (χ1v) is 12.8. The summed E-state index contributed by atoms with van der Waals surface area (Å²) in [5.74, 6) is 1.22. The number of rotatable bonds is 8. The quantitative estimate of drug-likeness (QED) is 0.431. The second kappa shape index (κ2) is 11.4. The number of nitrogens with zero attached hydrogens (tertiary/aromatic N) is 6. The van der Waals surface area contributed by atoms with Crippen molar-refractivity contribution in [1.29, 1.82) is 0 Å². The van der Waals surface area contributed by atoms with Gasteiger partial charge in [0.05, 0.1) is 24.9 Å². The van der Waals surface area contributed by atoms with Crippen LogP contribution in [0.15, 0.2) is 28.4 Å². The molecule has 2 aliphatic rings. The number of aliphatic imine (C=N–C) groups is 2. The largest absolute Gasteiger partial charge is 0.393 e. The number of guanidine groups is 1. The predicted octanol–water partition coefficient (Wildman–Crippen LogP) is 2.79. The van der Waals surface area contributed by atoms with Crippen molar-refractivity contribution in [3.8, 4) is 11.1 Å². The van der Waals surface area contributed by atoms with Crippen molar-refractivity contribution in [2.45, 2.75) is 70.6 Å². The molecule has 1 saturated carbocycles. The van der Waals surface area contributed by atoms with Crippen molar-refractivity contribution in [2.75, 3.05) is 32.7 Å². The zero-order valence-electron chi connectivity index (χ0n) is 21.9. The first-order valence-electron chi connectivity index (χ1n) is 12.8. The molecule has 0 unspecified atom stereocenters. The molecule has 1 saturated heterocycles. The van der Waals surface area contributed by atoms with Gasteiger partial charge in [-0.05, 0) is 52.3 Å². The lowest BCUT2D eigenvalue weighted by Crippen LogP contribution is -2.28.